The maximum atomic E-state index is 12.5. The summed E-state index contributed by atoms with van der Waals surface area (Å²) >= 11 is 0. The topological polar surface area (TPSA) is 92.7 Å². The van der Waals surface area contributed by atoms with Crippen molar-refractivity contribution in [1.82, 2.24) is 4.72 Å². The molecule has 6 nitrogen and oxygen atoms in total. The van der Waals surface area contributed by atoms with E-state index in [0.29, 0.717) is 41.4 Å². The lowest BCUT2D eigenvalue weighted by molar-refractivity contribution is -0.152. The zero-order chi connectivity index (χ0) is 28.7. The fourth-order valence-electron chi connectivity index (χ4n) is 11.3. The van der Waals surface area contributed by atoms with Gasteiger partial charge in [0, 0.05) is 0 Å². The number of carbonyl (C=O) groups excluding carboxylic acids is 1. The van der Waals surface area contributed by atoms with Crippen LogP contribution in [0.15, 0.2) is 0 Å². The normalized spacial score (nSPS) is 42.8. The lowest BCUT2D eigenvalue weighted by atomic mass is 9.42. The van der Waals surface area contributed by atoms with E-state index in [9.17, 15) is 18.3 Å². The number of hydrogen-bond acceptors (Lipinski definition) is 5. The second-order valence-corrected chi connectivity index (χ2v) is 17.2. The van der Waals surface area contributed by atoms with Crippen LogP contribution < -0.4 is 4.72 Å². The number of aliphatic hydroxyl groups is 1. The average Bonchev–Trinajstić information content (AvgIpc) is 3.29. The van der Waals surface area contributed by atoms with Crippen LogP contribution in [0.3, 0.4) is 0 Å². The van der Waals surface area contributed by atoms with Crippen molar-refractivity contribution in [2.24, 2.45) is 52.3 Å². The molecule has 5 saturated carbocycles. The molecular formula is C33H57NO5S. The Hall–Kier alpha value is -0.820. The highest BCUT2D eigenvalue weighted by atomic mass is 32.2. The number of fused-ring (bicyclic) bond motifs is 5. The van der Waals surface area contributed by atoms with Gasteiger partial charge in [0.2, 0.25) is 10.0 Å². The number of sulfonamides is 1. The van der Waals surface area contributed by atoms with E-state index < -0.39 is 21.4 Å². The standard InChI is InChI=1S/C33H57NO5S/c1-5-23-20-26-28-14-13-27(32(28,3)18-16-29(26)33(4)17-15-24(35)21-30(23)33)22(2)10-9-19-39-31(36)34-40(37,38)25-11-7-6-8-12-25/h22-30,35H,5-21H2,1-4H3,(H,34,36)/t22-,23+,24-,26+,27?,28+,29+,30+,32-,33-/m1/s1. The van der Waals surface area contributed by atoms with Gasteiger partial charge in [-0.05, 0) is 129 Å². The average molecular weight is 580 g/mol. The largest absolute Gasteiger partial charge is 0.449 e. The highest BCUT2D eigenvalue weighted by molar-refractivity contribution is 7.90. The first-order chi connectivity index (χ1) is 19.0. The number of amides is 1. The van der Waals surface area contributed by atoms with Crippen LogP contribution >= 0.6 is 0 Å². The first-order valence-corrected chi connectivity index (χ1v) is 18.4. The smallest absolute Gasteiger partial charge is 0.420 e. The van der Waals surface area contributed by atoms with Crippen LogP contribution in [0.2, 0.25) is 0 Å². The van der Waals surface area contributed by atoms with Crippen molar-refractivity contribution in [3.63, 3.8) is 0 Å². The molecule has 0 aromatic carbocycles. The summed E-state index contributed by atoms with van der Waals surface area (Å²) in [6.45, 7) is 10.2. The van der Waals surface area contributed by atoms with Gasteiger partial charge in [0.25, 0.3) is 0 Å². The molecule has 0 aromatic rings. The van der Waals surface area contributed by atoms with Gasteiger partial charge in [-0.15, -0.1) is 0 Å². The fraction of sp³-hybridized carbons (Fsp3) is 0.970. The summed E-state index contributed by atoms with van der Waals surface area (Å²) in [4.78, 5) is 12.2. The first-order valence-electron chi connectivity index (χ1n) is 16.9. The molecule has 1 amide bonds. The van der Waals surface area contributed by atoms with E-state index in [1.165, 1.54) is 44.9 Å². The number of aliphatic hydroxyl groups excluding tert-OH is 1. The molecular weight excluding hydrogens is 522 g/mol. The summed E-state index contributed by atoms with van der Waals surface area (Å²) in [5.41, 5.74) is 0.790. The van der Waals surface area contributed by atoms with Gasteiger partial charge in [0.05, 0.1) is 18.0 Å². The van der Waals surface area contributed by atoms with Crippen LogP contribution in [0, 0.1) is 52.3 Å². The van der Waals surface area contributed by atoms with Crippen molar-refractivity contribution in [2.75, 3.05) is 6.61 Å². The Bertz CT molecular complexity index is 995. The molecule has 0 heterocycles. The van der Waals surface area contributed by atoms with Crippen LogP contribution in [0.1, 0.15) is 130 Å². The molecule has 0 spiro atoms. The number of rotatable bonds is 8. The van der Waals surface area contributed by atoms with Crippen molar-refractivity contribution >= 4 is 16.1 Å². The quantitative estimate of drug-likeness (QED) is 0.291. The molecule has 1 unspecified atom stereocenters. The predicted molar refractivity (Wildman–Crippen MR) is 159 cm³/mol. The van der Waals surface area contributed by atoms with Crippen LogP contribution in [-0.4, -0.2) is 37.6 Å². The first kappa shape index (κ1) is 30.6. The van der Waals surface area contributed by atoms with Gasteiger partial charge in [0.1, 0.15) is 0 Å². The Labute approximate surface area is 244 Å². The van der Waals surface area contributed by atoms with E-state index in [1.807, 2.05) is 0 Å². The highest BCUT2D eigenvalue weighted by Gasteiger charge is 2.62. The molecule has 7 heteroatoms. The van der Waals surface area contributed by atoms with E-state index >= 15 is 0 Å². The molecule has 5 rings (SSSR count). The predicted octanol–water partition coefficient (Wildman–Crippen LogP) is 7.45. The van der Waals surface area contributed by atoms with E-state index in [2.05, 4.69) is 32.4 Å². The molecule has 0 aliphatic heterocycles. The summed E-state index contributed by atoms with van der Waals surface area (Å²) in [7, 11) is -3.64. The zero-order valence-electron chi connectivity index (χ0n) is 25.7. The molecule has 0 bridgehead atoms. The maximum absolute atomic E-state index is 12.5. The van der Waals surface area contributed by atoms with Crippen molar-refractivity contribution in [3.8, 4) is 0 Å². The molecule has 0 radical (unpaired) electrons. The van der Waals surface area contributed by atoms with Gasteiger partial charge in [-0.3, -0.25) is 0 Å². The Kier molecular flexibility index (Phi) is 9.23. The summed E-state index contributed by atoms with van der Waals surface area (Å²) < 4.78 is 32.5. The lowest BCUT2D eigenvalue weighted by Crippen LogP contribution is -2.56. The highest BCUT2D eigenvalue weighted by Crippen LogP contribution is 2.69. The Morgan fingerprint density at radius 3 is 2.38 bits per heavy atom. The van der Waals surface area contributed by atoms with Crippen molar-refractivity contribution < 1.29 is 23.1 Å². The summed E-state index contributed by atoms with van der Waals surface area (Å²) in [6, 6.07) is 0. The minimum absolute atomic E-state index is 0.0920. The SMILES string of the molecule is CC[C@H]1C[C@@H]2[C@H](CC[C@]3(C)C([C@H](C)CCCOC(=O)NS(=O)(=O)C4CCCCC4)CC[C@@H]23)[C@@]2(C)CC[C@@H](O)C[C@@H]12. The van der Waals surface area contributed by atoms with Crippen LogP contribution in [-0.2, 0) is 14.8 Å². The minimum atomic E-state index is -3.64. The van der Waals surface area contributed by atoms with E-state index in [0.717, 1.165) is 68.6 Å². The Balaban J connectivity index is 1.14. The molecule has 0 aromatic heterocycles. The number of hydrogen-bond donors (Lipinski definition) is 2. The van der Waals surface area contributed by atoms with E-state index in [-0.39, 0.29) is 12.7 Å². The second-order valence-electron chi connectivity index (χ2n) is 15.2. The van der Waals surface area contributed by atoms with Gasteiger partial charge in [-0.25, -0.2) is 17.9 Å². The molecule has 40 heavy (non-hydrogen) atoms. The Morgan fingerprint density at radius 1 is 0.950 bits per heavy atom. The van der Waals surface area contributed by atoms with Gasteiger partial charge in [0.15, 0.2) is 0 Å². The van der Waals surface area contributed by atoms with Crippen LogP contribution in [0.25, 0.3) is 0 Å². The van der Waals surface area contributed by atoms with Gasteiger partial charge >= 0.3 is 6.09 Å². The van der Waals surface area contributed by atoms with Crippen LogP contribution in [0.5, 0.6) is 0 Å². The van der Waals surface area contributed by atoms with Crippen LogP contribution in [0.4, 0.5) is 4.79 Å². The fourth-order valence-corrected chi connectivity index (χ4v) is 12.7. The molecule has 2 N–H and O–H groups in total. The molecule has 10 atom stereocenters. The minimum Gasteiger partial charge on any atom is -0.449 e. The molecule has 0 saturated heterocycles. The van der Waals surface area contributed by atoms with Crippen molar-refractivity contribution in [3.05, 3.63) is 0 Å². The summed E-state index contributed by atoms with van der Waals surface area (Å²) in [5.74, 6) is 5.18. The maximum Gasteiger partial charge on any atom is 0.420 e. The monoisotopic (exact) mass is 579 g/mol. The number of carbonyl (C=O) groups is 1. The zero-order valence-corrected chi connectivity index (χ0v) is 26.5. The summed E-state index contributed by atoms with van der Waals surface area (Å²) in [6.07, 6.45) is 16.2. The third-order valence-corrected chi connectivity index (χ3v) is 15.2. The van der Waals surface area contributed by atoms with Crippen molar-refractivity contribution in [1.29, 1.82) is 0 Å². The van der Waals surface area contributed by atoms with E-state index in [4.69, 9.17) is 4.74 Å². The third kappa shape index (κ3) is 5.73. The number of nitrogens with one attached hydrogen (secondary N) is 1. The van der Waals surface area contributed by atoms with Gasteiger partial charge in [-0.1, -0.05) is 53.4 Å². The lowest BCUT2D eigenvalue weighted by Gasteiger charge is -2.63. The Morgan fingerprint density at radius 2 is 1.65 bits per heavy atom. The van der Waals surface area contributed by atoms with Gasteiger partial charge < -0.3 is 9.84 Å². The van der Waals surface area contributed by atoms with E-state index in [1.54, 1.807) is 0 Å². The summed E-state index contributed by atoms with van der Waals surface area (Å²) in [5, 5.41) is 10.1. The second kappa shape index (κ2) is 12.1. The third-order valence-electron chi connectivity index (χ3n) is 13.4. The molecule has 5 aliphatic rings. The molecule has 5 fully saturated rings. The molecule has 5 aliphatic carbocycles. The van der Waals surface area contributed by atoms with Gasteiger partial charge in [-0.2, -0.15) is 0 Å². The van der Waals surface area contributed by atoms with Crippen molar-refractivity contribution in [2.45, 2.75) is 142 Å². The molecule has 230 valence electrons. The number of ether oxygens (including phenoxy) is 1.